The molecule has 2 heterocycles. The van der Waals surface area contributed by atoms with Crippen molar-refractivity contribution in [3.63, 3.8) is 0 Å². The topological polar surface area (TPSA) is 94.3 Å². The predicted molar refractivity (Wildman–Crippen MR) is 98.0 cm³/mol. The van der Waals surface area contributed by atoms with Crippen LogP contribution in [0.4, 0.5) is 4.39 Å². The Morgan fingerprint density at radius 3 is 2.68 bits per heavy atom. The molecule has 144 valence electrons. The summed E-state index contributed by atoms with van der Waals surface area (Å²) < 4.78 is 23.8. The van der Waals surface area contributed by atoms with Crippen molar-refractivity contribution >= 4 is 23.0 Å². The molecule has 4 rings (SSSR count). The van der Waals surface area contributed by atoms with Gasteiger partial charge in [-0.2, -0.15) is 0 Å². The van der Waals surface area contributed by atoms with Crippen LogP contribution in [-0.4, -0.2) is 34.2 Å². The number of esters is 1. The highest BCUT2D eigenvalue weighted by atomic mass is 19.1. The molecule has 8 heteroatoms. The summed E-state index contributed by atoms with van der Waals surface area (Å²) in [5.74, 6) is -1.39. The monoisotopic (exact) mass is 383 g/mol. The fourth-order valence-electron chi connectivity index (χ4n) is 2.85. The number of rotatable bonds is 5. The average molecular weight is 383 g/mol. The molecule has 1 saturated carbocycles. The third-order valence-electron chi connectivity index (χ3n) is 4.55. The van der Waals surface area contributed by atoms with E-state index in [0.29, 0.717) is 22.3 Å². The van der Waals surface area contributed by atoms with Crippen molar-refractivity contribution in [1.82, 2.24) is 15.5 Å². The number of carbonyl (C=O) groups excluding carboxylic acids is 2. The van der Waals surface area contributed by atoms with Gasteiger partial charge in [0.1, 0.15) is 5.82 Å². The highest BCUT2D eigenvalue weighted by molar-refractivity contribution is 6.05. The number of halogens is 1. The number of hydrogen-bond acceptors (Lipinski definition) is 6. The second-order valence-electron chi connectivity index (χ2n) is 6.84. The lowest BCUT2D eigenvalue weighted by Gasteiger charge is -2.14. The molecule has 1 amide bonds. The van der Waals surface area contributed by atoms with E-state index in [0.717, 1.165) is 12.8 Å². The predicted octanol–water partition coefficient (Wildman–Crippen LogP) is 3.16. The van der Waals surface area contributed by atoms with Crippen LogP contribution in [-0.2, 0) is 9.53 Å². The van der Waals surface area contributed by atoms with Gasteiger partial charge in [0.25, 0.3) is 11.6 Å². The van der Waals surface area contributed by atoms with Crippen LogP contribution >= 0.6 is 0 Å². The Morgan fingerprint density at radius 2 is 2.00 bits per heavy atom. The first kappa shape index (κ1) is 18.1. The second-order valence-corrected chi connectivity index (χ2v) is 6.84. The van der Waals surface area contributed by atoms with E-state index in [4.69, 9.17) is 9.26 Å². The van der Waals surface area contributed by atoms with E-state index in [1.807, 2.05) is 0 Å². The van der Waals surface area contributed by atoms with Crippen LogP contribution in [0.15, 0.2) is 34.9 Å². The van der Waals surface area contributed by atoms with Crippen LogP contribution in [0.3, 0.4) is 0 Å². The van der Waals surface area contributed by atoms with E-state index in [-0.39, 0.29) is 29.0 Å². The lowest BCUT2D eigenvalue weighted by atomic mass is 10.1. The molecule has 0 bridgehead atoms. The van der Waals surface area contributed by atoms with Crippen molar-refractivity contribution in [2.24, 2.45) is 0 Å². The van der Waals surface area contributed by atoms with E-state index in [9.17, 15) is 14.0 Å². The normalized spacial score (nSPS) is 14.7. The van der Waals surface area contributed by atoms with Gasteiger partial charge in [0, 0.05) is 11.6 Å². The molecule has 1 fully saturated rings. The Bertz CT molecular complexity index is 1060. The molecule has 1 unspecified atom stereocenters. The van der Waals surface area contributed by atoms with Crippen molar-refractivity contribution in [2.75, 3.05) is 0 Å². The number of aromatic nitrogens is 2. The van der Waals surface area contributed by atoms with E-state index in [1.54, 1.807) is 19.1 Å². The number of ether oxygens (including phenoxy) is 1. The molecule has 1 aliphatic rings. The summed E-state index contributed by atoms with van der Waals surface area (Å²) in [7, 11) is 0. The Labute approximate surface area is 159 Å². The molecule has 1 aliphatic carbocycles. The smallest absolute Gasteiger partial charge is 0.339 e. The maximum atomic E-state index is 13.2. The highest BCUT2D eigenvalue weighted by Crippen LogP contribution is 2.28. The van der Waals surface area contributed by atoms with Crippen molar-refractivity contribution in [1.29, 1.82) is 0 Å². The zero-order valence-corrected chi connectivity index (χ0v) is 15.4. The number of fused-ring (bicyclic) bond motifs is 1. The number of pyridine rings is 1. The van der Waals surface area contributed by atoms with E-state index in [2.05, 4.69) is 15.5 Å². The van der Waals surface area contributed by atoms with Gasteiger partial charge in [0.2, 0.25) is 0 Å². The summed E-state index contributed by atoms with van der Waals surface area (Å²) in [6.45, 7) is 3.21. The van der Waals surface area contributed by atoms with Crippen LogP contribution in [0.1, 0.15) is 35.8 Å². The molecule has 3 aromatic rings. The Hall–Kier alpha value is -3.29. The molecule has 1 aromatic carbocycles. The minimum Gasteiger partial charge on any atom is -0.449 e. The molecule has 7 nitrogen and oxygen atoms in total. The summed E-state index contributed by atoms with van der Waals surface area (Å²) in [5, 5.41) is 7.09. The molecule has 28 heavy (non-hydrogen) atoms. The summed E-state index contributed by atoms with van der Waals surface area (Å²) in [5.41, 5.74) is 1.85. The van der Waals surface area contributed by atoms with Gasteiger partial charge in [0.15, 0.2) is 6.10 Å². The number of carbonyl (C=O) groups is 2. The standard InChI is InChI=1S/C20H18FN3O4/c1-10-17-15(20(26)27-11(2)18(25)22-14-7-8-14)9-16(23-19(17)28-24-10)12-3-5-13(21)6-4-12/h3-6,9,11,14H,7-8H2,1-2H3,(H,22,25). The van der Waals surface area contributed by atoms with Crippen LogP contribution in [0.2, 0.25) is 0 Å². The molecule has 1 atom stereocenters. The van der Waals surface area contributed by atoms with E-state index >= 15 is 0 Å². The molecule has 0 radical (unpaired) electrons. The van der Waals surface area contributed by atoms with Crippen LogP contribution in [0.25, 0.3) is 22.4 Å². The molecule has 0 aliphatic heterocycles. The Balaban J connectivity index is 1.67. The average Bonchev–Trinajstić information content (AvgIpc) is 3.42. The third kappa shape index (κ3) is 3.58. The number of nitrogens with zero attached hydrogens (tertiary/aromatic N) is 2. The molecule has 1 N–H and O–H groups in total. The molecule has 0 saturated heterocycles. The SMILES string of the molecule is Cc1noc2nc(-c3ccc(F)cc3)cc(C(=O)OC(C)C(=O)NC3CC3)c12. The van der Waals surface area contributed by atoms with Gasteiger partial charge in [-0.05, 0) is 57.0 Å². The van der Waals surface area contributed by atoms with Gasteiger partial charge in [-0.25, -0.2) is 14.2 Å². The number of benzene rings is 1. The van der Waals surface area contributed by atoms with Crippen molar-refractivity contribution < 1.29 is 23.2 Å². The molecule has 0 spiro atoms. The number of nitrogens with one attached hydrogen (secondary N) is 1. The maximum Gasteiger partial charge on any atom is 0.339 e. The number of hydrogen-bond donors (Lipinski definition) is 1. The van der Waals surface area contributed by atoms with Crippen LogP contribution < -0.4 is 5.32 Å². The second kappa shape index (κ2) is 7.03. The minimum atomic E-state index is -0.939. The third-order valence-corrected chi connectivity index (χ3v) is 4.55. The first-order chi connectivity index (χ1) is 13.4. The van der Waals surface area contributed by atoms with Gasteiger partial charge in [-0.3, -0.25) is 4.79 Å². The number of amides is 1. The van der Waals surface area contributed by atoms with Gasteiger partial charge < -0.3 is 14.6 Å². The summed E-state index contributed by atoms with van der Waals surface area (Å²) in [6, 6.07) is 7.41. The van der Waals surface area contributed by atoms with Gasteiger partial charge >= 0.3 is 5.97 Å². The summed E-state index contributed by atoms with van der Waals surface area (Å²) >= 11 is 0. The lowest BCUT2D eigenvalue weighted by molar-refractivity contribution is -0.129. The van der Waals surface area contributed by atoms with Crippen LogP contribution in [0.5, 0.6) is 0 Å². The van der Waals surface area contributed by atoms with Crippen molar-refractivity contribution in [3.05, 3.63) is 47.4 Å². The van der Waals surface area contributed by atoms with Crippen molar-refractivity contribution in [2.45, 2.75) is 38.8 Å². The van der Waals surface area contributed by atoms with Crippen molar-refractivity contribution in [3.8, 4) is 11.3 Å². The molecular formula is C20H18FN3O4. The zero-order valence-electron chi connectivity index (χ0n) is 15.4. The van der Waals surface area contributed by atoms with Crippen LogP contribution in [0, 0.1) is 12.7 Å². The van der Waals surface area contributed by atoms with E-state index in [1.165, 1.54) is 25.1 Å². The molecular weight excluding hydrogens is 365 g/mol. The van der Waals surface area contributed by atoms with Gasteiger partial charge in [0.05, 0.1) is 22.3 Å². The quantitative estimate of drug-likeness (QED) is 0.680. The largest absolute Gasteiger partial charge is 0.449 e. The first-order valence-corrected chi connectivity index (χ1v) is 8.96. The molecule has 2 aromatic heterocycles. The summed E-state index contributed by atoms with van der Waals surface area (Å²) in [6.07, 6.45) is 0.946. The van der Waals surface area contributed by atoms with Gasteiger partial charge in [-0.1, -0.05) is 5.16 Å². The lowest BCUT2D eigenvalue weighted by Crippen LogP contribution is -2.37. The fourth-order valence-corrected chi connectivity index (χ4v) is 2.85. The fraction of sp³-hybridized carbons (Fsp3) is 0.300. The number of aryl methyl sites for hydroxylation is 1. The Morgan fingerprint density at radius 1 is 1.29 bits per heavy atom. The maximum absolute atomic E-state index is 13.2. The first-order valence-electron chi connectivity index (χ1n) is 8.96. The Kier molecular flexibility index (Phi) is 4.54. The zero-order chi connectivity index (χ0) is 19.8. The summed E-state index contributed by atoms with van der Waals surface area (Å²) in [4.78, 5) is 29.3. The minimum absolute atomic E-state index is 0.168. The van der Waals surface area contributed by atoms with E-state index < -0.39 is 12.1 Å². The van der Waals surface area contributed by atoms with Gasteiger partial charge in [-0.15, -0.1) is 0 Å². The highest BCUT2D eigenvalue weighted by Gasteiger charge is 2.28.